The van der Waals surface area contributed by atoms with Crippen molar-refractivity contribution in [3.63, 3.8) is 0 Å². The van der Waals surface area contributed by atoms with Gasteiger partial charge in [0.2, 0.25) is 0 Å². The number of aryl methyl sites for hydroxylation is 1. The third-order valence-electron chi connectivity index (χ3n) is 4.57. The largest absolute Gasteiger partial charge is 0.507 e. The van der Waals surface area contributed by atoms with Crippen LogP contribution in [0.15, 0.2) is 42.5 Å². The number of hydrogen-bond acceptors (Lipinski definition) is 4. The minimum atomic E-state index is -0.337. The zero-order valence-corrected chi connectivity index (χ0v) is 15.5. The topological polar surface area (TPSA) is 61.8 Å². The number of nitrogens with one attached hydrogen (secondary N) is 1. The Bertz CT molecular complexity index is 775. The first kappa shape index (κ1) is 18.7. The summed E-state index contributed by atoms with van der Waals surface area (Å²) in [6.07, 6.45) is 0. The highest BCUT2D eigenvalue weighted by molar-refractivity contribution is 6.31. The van der Waals surface area contributed by atoms with E-state index >= 15 is 0 Å². The molecule has 1 aliphatic rings. The van der Waals surface area contributed by atoms with Crippen LogP contribution < -0.4 is 5.32 Å². The number of halogens is 1. The molecule has 0 spiro atoms. The summed E-state index contributed by atoms with van der Waals surface area (Å²) < 4.78 is 5.46. The zero-order valence-electron chi connectivity index (χ0n) is 14.7. The van der Waals surface area contributed by atoms with Crippen molar-refractivity contribution in [3.05, 3.63) is 64.2 Å². The van der Waals surface area contributed by atoms with Gasteiger partial charge in [-0.3, -0.25) is 9.69 Å². The van der Waals surface area contributed by atoms with Crippen molar-refractivity contribution in [1.82, 2.24) is 10.2 Å². The number of rotatable bonds is 5. The van der Waals surface area contributed by atoms with Gasteiger partial charge in [0, 0.05) is 24.7 Å². The van der Waals surface area contributed by atoms with Gasteiger partial charge >= 0.3 is 0 Å². The van der Waals surface area contributed by atoms with Crippen molar-refractivity contribution in [2.45, 2.75) is 13.0 Å². The maximum absolute atomic E-state index is 12.5. The molecule has 1 fully saturated rings. The fourth-order valence-electron chi connectivity index (χ4n) is 3.20. The molecule has 1 unspecified atom stereocenters. The van der Waals surface area contributed by atoms with Crippen LogP contribution in [0.25, 0.3) is 0 Å². The molecule has 0 aromatic heterocycles. The Balaban J connectivity index is 1.77. The van der Waals surface area contributed by atoms with Gasteiger partial charge in [-0.2, -0.15) is 0 Å². The lowest BCUT2D eigenvalue weighted by Crippen LogP contribution is -2.43. The first-order chi connectivity index (χ1) is 12.5. The van der Waals surface area contributed by atoms with Crippen molar-refractivity contribution in [3.8, 4) is 5.75 Å². The van der Waals surface area contributed by atoms with E-state index < -0.39 is 0 Å². The summed E-state index contributed by atoms with van der Waals surface area (Å²) in [7, 11) is 0. The van der Waals surface area contributed by atoms with Crippen LogP contribution in [0.1, 0.15) is 27.5 Å². The molecule has 0 saturated carbocycles. The molecule has 1 saturated heterocycles. The second-order valence-electron chi connectivity index (χ2n) is 6.45. The highest BCUT2D eigenvalue weighted by atomic mass is 35.5. The number of hydrogen-bond donors (Lipinski definition) is 2. The summed E-state index contributed by atoms with van der Waals surface area (Å²) in [5.74, 6) is -0.415. The van der Waals surface area contributed by atoms with Gasteiger partial charge in [-0.25, -0.2) is 0 Å². The summed E-state index contributed by atoms with van der Waals surface area (Å²) in [4.78, 5) is 14.8. The smallest absolute Gasteiger partial charge is 0.255 e. The van der Waals surface area contributed by atoms with E-state index in [-0.39, 0.29) is 23.3 Å². The van der Waals surface area contributed by atoms with Gasteiger partial charge in [-0.1, -0.05) is 41.4 Å². The molecule has 1 amide bonds. The van der Waals surface area contributed by atoms with Crippen molar-refractivity contribution in [1.29, 1.82) is 0 Å². The van der Waals surface area contributed by atoms with Crippen LogP contribution in [-0.2, 0) is 4.74 Å². The predicted octanol–water partition coefficient (Wildman–Crippen LogP) is 3.16. The molecule has 2 aromatic rings. The average molecular weight is 375 g/mol. The van der Waals surface area contributed by atoms with E-state index in [0.717, 1.165) is 18.7 Å². The summed E-state index contributed by atoms with van der Waals surface area (Å²) >= 11 is 5.95. The van der Waals surface area contributed by atoms with Gasteiger partial charge in [0.15, 0.2) is 0 Å². The molecule has 2 aromatic carbocycles. The first-order valence-electron chi connectivity index (χ1n) is 8.69. The van der Waals surface area contributed by atoms with Crippen LogP contribution in [0, 0.1) is 6.92 Å². The molecule has 0 radical (unpaired) electrons. The molecule has 138 valence electrons. The van der Waals surface area contributed by atoms with Crippen molar-refractivity contribution in [2.75, 3.05) is 32.8 Å². The molecule has 1 aliphatic heterocycles. The normalized spacial score (nSPS) is 16.2. The lowest BCUT2D eigenvalue weighted by atomic mass is 10.0. The van der Waals surface area contributed by atoms with Crippen LogP contribution >= 0.6 is 11.6 Å². The molecule has 1 heterocycles. The summed E-state index contributed by atoms with van der Waals surface area (Å²) in [5.41, 5.74) is 2.52. The van der Waals surface area contributed by atoms with Crippen molar-refractivity contribution < 1.29 is 14.6 Å². The minimum Gasteiger partial charge on any atom is -0.507 e. The SMILES string of the molecule is Cc1cccc(C(CNC(=O)c2cc(Cl)ccc2O)N2CCOCC2)c1. The minimum absolute atomic E-state index is 0.0454. The number of ether oxygens (including phenoxy) is 1. The zero-order chi connectivity index (χ0) is 18.5. The number of carbonyl (C=O) groups is 1. The lowest BCUT2D eigenvalue weighted by molar-refractivity contribution is 0.0162. The molecule has 6 heteroatoms. The summed E-state index contributed by atoms with van der Waals surface area (Å²) in [6, 6.07) is 12.8. The predicted molar refractivity (Wildman–Crippen MR) is 102 cm³/mol. The van der Waals surface area contributed by atoms with Crippen molar-refractivity contribution in [2.24, 2.45) is 0 Å². The van der Waals surface area contributed by atoms with E-state index in [1.165, 1.54) is 17.7 Å². The second kappa shape index (κ2) is 8.54. The number of phenols is 1. The third-order valence-corrected chi connectivity index (χ3v) is 4.81. The highest BCUT2D eigenvalue weighted by Gasteiger charge is 2.24. The van der Waals surface area contributed by atoms with E-state index in [2.05, 4.69) is 35.3 Å². The summed E-state index contributed by atoms with van der Waals surface area (Å²) in [5, 5.41) is 13.3. The van der Waals surface area contributed by atoms with Crippen LogP contribution in [-0.4, -0.2) is 48.8 Å². The molecule has 0 bridgehead atoms. The maximum atomic E-state index is 12.5. The van der Waals surface area contributed by atoms with Crippen LogP contribution in [0.4, 0.5) is 0 Å². The average Bonchev–Trinajstić information content (AvgIpc) is 2.65. The van der Waals surface area contributed by atoms with Crippen LogP contribution in [0.3, 0.4) is 0 Å². The van der Waals surface area contributed by atoms with E-state index in [0.29, 0.717) is 24.8 Å². The van der Waals surface area contributed by atoms with Gasteiger partial charge in [-0.15, -0.1) is 0 Å². The summed E-state index contributed by atoms with van der Waals surface area (Å²) in [6.45, 7) is 5.50. The number of nitrogens with zero attached hydrogens (tertiary/aromatic N) is 1. The Morgan fingerprint density at radius 2 is 2.04 bits per heavy atom. The molecule has 3 rings (SSSR count). The fraction of sp³-hybridized carbons (Fsp3) is 0.350. The third kappa shape index (κ3) is 4.55. The Kier molecular flexibility index (Phi) is 6.14. The van der Waals surface area contributed by atoms with Gasteiger partial charge in [0.25, 0.3) is 5.91 Å². The van der Waals surface area contributed by atoms with Crippen molar-refractivity contribution >= 4 is 17.5 Å². The number of amides is 1. The Labute approximate surface area is 158 Å². The second-order valence-corrected chi connectivity index (χ2v) is 6.89. The number of morpholine rings is 1. The molecular formula is C20H23ClN2O3. The first-order valence-corrected chi connectivity index (χ1v) is 9.07. The van der Waals surface area contributed by atoms with Gasteiger partial charge in [-0.05, 0) is 30.7 Å². The van der Waals surface area contributed by atoms with E-state index in [4.69, 9.17) is 16.3 Å². The number of phenolic OH excluding ortho intramolecular Hbond substituents is 1. The Morgan fingerprint density at radius 3 is 2.77 bits per heavy atom. The monoisotopic (exact) mass is 374 g/mol. The number of aromatic hydroxyl groups is 1. The molecule has 5 nitrogen and oxygen atoms in total. The number of benzene rings is 2. The van der Waals surface area contributed by atoms with Crippen LogP contribution in [0.5, 0.6) is 5.75 Å². The van der Waals surface area contributed by atoms with Crippen LogP contribution in [0.2, 0.25) is 5.02 Å². The number of carbonyl (C=O) groups excluding carboxylic acids is 1. The van der Waals surface area contributed by atoms with E-state index in [9.17, 15) is 9.90 Å². The standard InChI is InChI=1S/C20H23ClN2O3/c1-14-3-2-4-15(11-14)18(23-7-9-26-10-8-23)13-22-20(25)17-12-16(21)5-6-19(17)24/h2-6,11-12,18,24H,7-10,13H2,1H3,(H,22,25). The van der Waals surface area contributed by atoms with E-state index in [1.54, 1.807) is 6.07 Å². The Morgan fingerprint density at radius 1 is 1.27 bits per heavy atom. The molecule has 1 atom stereocenters. The van der Waals surface area contributed by atoms with Gasteiger partial charge < -0.3 is 15.2 Å². The molecule has 26 heavy (non-hydrogen) atoms. The van der Waals surface area contributed by atoms with Gasteiger partial charge in [0.05, 0.1) is 24.8 Å². The quantitative estimate of drug-likeness (QED) is 0.844. The fourth-order valence-corrected chi connectivity index (χ4v) is 3.37. The highest BCUT2D eigenvalue weighted by Crippen LogP contribution is 2.24. The molecule has 0 aliphatic carbocycles. The molecule has 2 N–H and O–H groups in total. The molecular weight excluding hydrogens is 352 g/mol. The maximum Gasteiger partial charge on any atom is 0.255 e. The van der Waals surface area contributed by atoms with Gasteiger partial charge in [0.1, 0.15) is 5.75 Å². The lowest BCUT2D eigenvalue weighted by Gasteiger charge is -2.35. The Hall–Kier alpha value is -2.08. The van der Waals surface area contributed by atoms with E-state index in [1.807, 2.05) is 6.07 Å².